The number of nitrogens with one attached hydrogen (secondary N) is 1. The number of nitrogens with zero attached hydrogens (tertiary/aromatic N) is 4. The van der Waals surface area contributed by atoms with Gasteiger partial charge in [-0.3, -0.25) is 9.69 Å². The molecule has 0 aliphatic carbocycles. The van der Waals surface area contributed by atoms with Crippen molar-refractivity contribution >= 4 is 23.3 Å². The minimum Gasteiger partial charge on any atom is -0.378 e. The van der Waals surface area contributed by atoms with Crippen LogP contribution in [0.25, 0.3) is 0 Å². The highest BCUT2D eigenvalue weighted by Crippen LogP contribution is 2.34. The number of amides is 1. The Kier molecular flexibility index (Phi) is 5.92. The third-order valence-corrected chi connectivity index (χ3v) is 6.74. The Bertz CT molecular complexity index is 1080. The van der Waals surface area contributed by atoms with Crippen molar-refractivity contribution in [3.63, 3.8) is 0 Å². The average Bonchev–Trinajstić information content (AvgIpc) is 3.12. The van der Waals surface area contributed by atoms with Gasteiger partial charge in [0.2, 0.25) is 11.2 Å². The zero-order valence-corrected chi connectivity index (χ0v) is 18.7. The maximum absolute atomic E-state index is 14.6. The summed E-state index contributed by atoms with van der Waals surface area (Å²) in [6, 6.07) is 3.67. The predicted molar refractivity (Wildman–Crippen MR) is 114 cm³/mol. The summed E-state index contributed by atoms with van der Waals surface area (Å²) in [5.74, 6) is -0.593. The monoisotopic (exact) mass is 481 g/mol. The van der Waals surface area contributed by atoms with Crippen molar-refractivity contribution in [2.45, 2.75) is 38.5 Å². The summed E-state index contributed by atoms with van der Waals surface area (Å²) in [6.07, 6.45) is -2.91. The molecule has 1 amide bonds. The molecule has 2 fully saturated rings. The summed E-state index contributed by atoms with van der Waals surface area (Å²) < 4.78 is 46.0. The molecule has 0 spiro atoms. The topological polar surface area (TPSA) is 70.6 Å². The fraction of sp³-hybridized carbons (Fsp3) is 0.500. The molecule has 2 saturated heterocycles. The van der Waals surface area contributed by atoms with E-state index < -0.39 is 23.8 Å². The van der Waals surface area contributed by atoms with Crippen LogP contribution in [0.1, 0.15) is 41.8 Å². The molecule has 0 unspecified atom stereocenters. The van der Waals surface area contributed by atoms with Crippen LogP contribution in [0.15, 0.2) is 18.2 Å². The van der Waals surface area contributed by atoms with Gasteiger partial charge in [-0.05, 0) is 18.5 Å². The molecule has 0 radical (unpaired) electrons. The van der Waals surface area contributed by atoms with Crippen molar-refractivity contribution in [1.29, 1.82) is 0 Å². The van der Waals surface area contributed by atoms with Gasteiger partial charge in [-0.15, -0.1) is 0 Å². The van der Waals surface area contributed by atoms with Crippen molar-refractivity contribution in [3.8, 4) is 0 Å². The lowest BCUT2D eigenvalue weighted by molar-refractivity contribution is -0.150. The molecule has 1 N–H and O–H groups in total. The third-order valence-electron chi connectivity index (χ3n) is 6.58. The van der Waals surface area contributed by atoms with Gasteiger partial charge in [0.05, 0.1) is 55.6 Å². The van der Waals surface area contributed by atoms with Gasteiger partial charge in [0.15, 0.2) is 0 Å². The van der Waals surface area contributed by atoms with E-state index in [4.69, 9.17) is 16.3 Å². The number of carbonyl (C=O) groups excluding carboxylic acids is 1. The standard InChI is InChI=1S/C22H23ClF3N5O2/c1-11(14-3-2-4-15(18(14)24)19(25)26)27-20-16-7-31(8-17(16)28-22(23)29-20)21(32)12-5-30(6-12)13-9-33-10-13/h2-4,11-13,19H,5-10H2,1H3,(H,27,28,29)/t11-/m1/s1. The lowest BCUT2D eigenvalue weighted by Gasteiger charge is -2.47. The Labute approximate surface area is 193 Å². The Balaban J connectivity index is 1.30. The van der Waals surface area contributed by atoms with Crippen LogP contribution < -0.4 is 5.32 Å². The lowest BCUT2D eigenvalue weighted by atomic mass is 9.95. The maximum Gasteiger partial charge on any atom is 0.266 e. The molecule has 11 heteroatoms. The molecule has 33 heavy (non-hydrogen) atoms. The van der Waals surface area contributed by atoms with Crippen LogP contribution in [-0.4, -0.2) is 58.0 Å². The van der Waals surface area contributed by atoms with E-state index in [1.165, 1.54) is 12.1 Å². The van der Waals surface area contributed by atoms with Crippen LogP contribution in [0.4, 0.5) is 19.0 Å². The number of ether oxygens (including phenoxy) is 1. The van der Waals surface area contributed by atoms with Crippen LogP contribution in [0, 0.1) is 11.7 Å². The largest absolute Gasteiger partial charge is 0.378 e. The smallest absolute Gasteiger partial charge is 0.266 e. The van der Waals surface area contributed by atoms with Crippen molar-refractivity contribution in [1.82, 2.24) is 19.8 Å². The van der Waals surface area contributed by atoms with Crippen molar-refractivity contribution < 1.29 is 22.7 Å². The minimum absolute atomic E-state index is 0.000597. The van der Waals surface area contributed by atoms with E-state index in [9.17, 15) is 18.0 Å². The Morgan fingerprint density at radius 2 is 1.94 bits per heavy atom. The molecule has 7 nitrogen and oxygen atoms in total. The lowest BCUT2D eigenvalue weighted by Crippen LogP contribution is -2.62. The molecule has 1 aromatic carbocycles. The second-order valence-electron chi connectivity index (χ2n) is 8.72. The number of hydrogen-bond acceptors (Lipinski definition) is 6. The summed E-state index contributed by atoms with van der Waals surface area (Å²) in [6.45, 7) is 5.15. The first-order valence-corrected chi connectivity index (χ1v) is 11.2. The van der Waals surface area contributed by atoms with Crippen molar-refractivity contribution in [3.05, 3.63) is 51.7 Å². The average molecular weight is 482 g/mol. The van der Waals surface area contributed by atoms with Gasteiger partial charge >= 0.3 is 0 Å². The van der Waals surface area contributed by atoms with E-state index in [1.807, 2.05) is 0 Å². The summed E-state index contributed by atoms with van der Waals surface area (Å²) in [4.78, 5) is 25.5. The predicted octanol–water partition coefficient (Wildman–Crippen LogP) is 3.55. The first-order valence-electron chi connectivity index (χ1n) is 10.8. The number of carbonyl (C=O) groups is 1. The number of halogens is 4. The van der Waals surface area contributed by atoms with Gasteiger partial charge in [-0.25, -0.2) is 23.1 Å². The highest BCUT2D eigenvalue weighted by molar-refractivity contribution is 6.28. The van der Waals surface area contributed by atoms with Crippen LogP contribution >= 0.6 is 11.6 Å². The van der Waals surface area contributed by atoms with Gasteiger partial charge in [-0.2, -0.15) is 0 Å². The molecule has 176 valence electrons. The van der Waals surface area contributed by atoms with Crippen molar-refractivity contribution in [2.75, 3.05) is 31.6 Å². The second-order valence-corrected chi connectivity index (χ2v) is 9.06. The zero-order valence-electron chi connectivity index (χ0n) is 17.9. The summed E-state index contributed by atoms with van der Waals surface area (Å²) in [5.41, 5.74) is 0.778. The first-order chi connectivity index (χ1) is 15.8. The Morgan fingerprint density at radius 3 is 2.61 bits per heavy atom. The van der Waals surface area contributed by atoms with Crippen molar-refractivity contribution in [2.24, 2.45) is 5.92 Å². The molecule has 1 atom stereocenters. The number of rotatable bonds is 6. The van der Waals surface area contributed by atoms with E-state index >= 15 is 0 Å². The van der Waals surface area contributed by atoms with E-state index in [-0.39, 0.29) is 22.7 Å². The third kappa shape index (κ3) is 4.15. The molecular formula is C22H23ClF3N5O2. The molecule has 3 aliphatic heterocycles. The summed E-state index contributed by atoms with van der Waals surface area (Å²) in [5, 5.41) is 3.08. The molecule has 0 bridgehead atoms. The summed E-state index contributed by atoms with van der Waals surface area (Å²) >= 11 is 6.10. The van der Waals surface area contributed by atoms with E-state index in [2.05, 4.69) is 20.2 Å². The SMILES string of the molecule is C[C@@H](Nc1nc(Cl)nc2c1CN(C(=O)C1CN(C3COC3)C1)C2)c1cccc(C(F)F)c1F. The van der Waals surface area contributed by atoms with E-state index in [0.717, 1.165) is 19.3 Å². The van der Waals surface area contributed by atoms with E-state index in [0.29, 0.717) is 49.3 Å². The molecule has 5 rings (SSSR count). The molecule has 4 heterocycles. The number of likely N-dealkylation sites (tertiary alicyclic amines) is 1. The molecular weight excluding hydrogens is 459 g/mol. The van der Waals surface area contributed by atoms with Crippen LogP contribution in [0.3, 0.4) is 0 Å². The number of benzene rings is 1. The molecule has 1 aromatic heterocycles. The van der Waals surface area contributed by atoms with Gasteiger partial charge in [0, 0.05) is 24.2 Å². The molecule has 2 aromatic rings. The first kappa shape index (κ1) is 22.4. The zero-order chi connectivity index (χ0) is 23.3. The van der Waals surface area contributed by atoms with Gasteiger partial charge in [0.1, 0.15) is 11.6 Å². The molecule has 3 aliphatic rings. The molecule has 0 saturated carbocycles. The van der Waals surface area contributed by atoms with Crippen LogP contribution in [0.2, 0.25) is 5.28 Å². The number of alkyl halides is 2. The van der Waals surface area contributed by atoms with Gasteiger partial charge < -0.3 is 15.0 Å². The van der Waals surface area contributed by atoms with Gasteiger partial charge in [-0.1, -0.05) is 18.2 Å². The number of aromatic nitrogens is 2. The maximum atomic E-state index is 14.6. The minimum atomic E-state index is -2.91. The fourth-order valence-corrected chi connectivity index (χ4v) is 4.70. The van der Waals surface area contributed by atoms with Crippen LogP contribution in [0.5, 0.6) is 0 Å². The quantitative estimate of drug-likeness (QED) is 0.636. The second kappa shape index (κ2) is 8.73. The highest BCUT2D eigenvalue weighted by atomic mass is 35.5. The fourth-order valence-electron chi connectivity index (χ4n) is 4.51. The summed E-state index contributed by atoms with van der Waals surface area (Å²) in [7, 11) is 0. The number of fused-ring (bicyclic) bond motifs is 1. The number of anilines is 1. The normalized spacial score (nSPS) is 19.9. The Hall–Kier alpha value is -2.43. The highest BCUT2D eigenvalue weighted by Gasteiger charge is 2.42. The Morgan fingerprint density at radius 1 is 1.21 bits per heavy atom. The van der Waals surface area contributed by atoms with E-state index in [1.54, 1.807) is 11.8 Å². The number of hydrogen-bond donors (Lipinski definition) is 1. The van der Waals surface area contributed by atoms with Crippen LogP contribution in [-0.2, 0) is 22.6 Å². The van der Waals surface area contributed by atoms with Gasteiger partial charge in [0.25, 0.3) is 6.43 Å².